The van der Waals surface area contributed by atoms with Gasteiger partial charge in [-0.05, 0) is 12.5 Å². The molecule has 152 valence electrons. The number of hydrogen-bond donors (Lipinski definition) is 0. The quantitative estimate of drug-likeness (QED) is 0.416. The summed E-state index contributed by atoms with van der Waals surface area (Å²) in [5, 5.41) is 11.4. The van der Waals surface area contributed by atoms with Crippen molar-refractivity contribution in [3.8, 4) is 11.5 Å². The van der Waals surface area contributed by atoms with E-state index in [9.17, 15) is 19.7 Å². The van der Waals surface area contributed by atoms with Crippen molar-refractivity contribution in [2.45, 2.75) is 19.6 Å². The van der Waals surface area contributed by atoms with Crippen molar-refractivity contribution in [2.24, 2.45) is 0 Å². The molecular weight excluding hydrogens is 380 g/mol. The van der Waals surface area contributed by atoms with Crippen LogP contribution in [0.2, 0.25) is 0 Å². The van der Waals surface area contributed by atoms with Crippen LogP contribution in [0.1, 0.15) is 22.8 Å². The second-order valence-corrected chi connectivity index (χ2v) is 6.50. The molecule has 9 nitrogen and oxygen atoms in total. The third-order valence-corrected chi connectivity index (χ3v) is 4.35. The molecule has 0 N–H and O–H groups in total. The smallest absolute Gasteiger partial charge is 0.346 e. The molecule has 29 heavy (non-hydrogen) atoms. The molecule has 1 aliphatic heterocycles. The van der Waals surface area contributed by atoms with Gasteiger partial charge in [0.25, 0.3) is 11.6 Å². The first-order valence-electron chi connectivity index (χ1n) is 8.94. The molecule has 0 saturated heterocycles. The number of hydrogen-bond acceptors (Lipinski definition) is 7. The summed E-state index contributed by atoms with van der Waals surface area (Å²) in [5.41, 5.74) is 0.144. The second kappa shape index (κ2) is 8.59. The van der Waals surface area contributed by atoms with Gasteiger partial charge >= 0.3 is 5.97 Å². The van der Waals surface area contributed by atoms with E-state index in [-0.39, 0.29) is 30.3 Å². The molecule has 0 radical (unpaired) electrons. The van der Waals surface area contributed by atoms with Gasteiger partial charge in [0.15, 0.2) is 17.6 Å². The maximum absolute atomic E-state index is 12.6. The fraction of sp³-hybridized carbons (Fsp3) is 0.300. The third-order valence-electron chi connectivity index (χ3n) is 4.35. The highest BCUT2D eigenvalue weighted by Crippen LogP contribution is 2.37. The number of esters is 1. The lowest BCUT2D eigenvalue weighted by Crippen LogP contribution is -2.37. The maximum Gasteiger partial charge on any atom is 0.346 e. The van der Waals surface area contributed by atoms with Gasteiger partial charge in [-0.15, -0.1) is 0 Å². The van der Waals surface area contributed by atoms with Gasteiger partial charge in [0.05, 0.1) is 11.0 Å². The highest BCUT2D eigenvalue weighted by molar-refractivity contribution is 5.96. The zero-order valence-corrected chi connectivity index (χ0v) is 16.0. The summed E-state index contributed by atoms with van der Waals surface area (Å²) in [5.74, 6) is -1.01. The largest absolute Gasteiger partial charge is 0.486 e. The number of benzene rings is 2. The first-order chi connectivity index (χ1) is 13.9. The molecule has 0 unspecified atom stereocenters. The van der Waals surface area contributed by atoms with Gasteiger partial charge in [0, 0.05) is 19.7 Å². The molecule has 1 aliphatic rings. The van der Waals surface area contributed by atoms with E-state index in [1.807, 2.05) is 30.3 Å². The van der Waals surface area contributed by atoms with E-state index in [0.29, 0.717) is 6.54 Å². The molecule has 0 spiro atoms. The molecule has 0 saturated carbocycles. The zero-order valence-electron chi connectivity index (χ0n) is 16.0. The van der Waals surface area contributed by atoms with Crippen molar-refractivity contribution in [1.29, 1.82) is 0 Å². The minimum absolute atomic E-state index is 0.186. The monoisotopic (exact) mass is 400 g/mol. The summed E-state index contributed by atoms with van der Waals surface area (Å²) in [4.78, 5) is 37.2. The molecule has 1 amide bonds. The Morgan fingerprint density at radius 1 is 1.17 bits per heavy atom. The number of nitro benzene ring substituents is 1. The lowest BCUT2D eigenvalue weighted by molar-refractivity contribution is -0.385. The van der Waals surface area contributed by atoms with Gasteiger partial charge < -0.3 is 19.1 Å². The van der Waals surface area contributed by atoms with Crippen LogP contribution in [0.15, 0.2) is 42.5 Å². The number of likely N-dealkylation sites (N-methyl/N-ethyl adjacent to an activating group) is 1. The Morgan fingerprint density at radius 3 is 2.41 bits per heavy atom. The molecule has 0 bridgehead atoms. The van der Waals surface area contributed by atoms with Crippen LogP contribution in [0.5, 0.6) is 11.5 Å². The Morgan fingerprint density at radius 2 is 1.79 bits per heavy atom. The average Bonchev–Trinajstić information content (AvgIpc) is 2.72. The van der Waals surface area contributed by atoms with E-state index in [2.05, 4.69) is 0 Å². The summed E-state index contributed by atoms with van der Waals surface area (Å²) < 4.78 is 15.9. The van der Waals surface area contributed by atoms with Crippen molar-refractivity contribution in [3.63, 3.8) is 0 Å². The molecule has 9 heteroatoms. The number of amides is 1. The van der Waals surface area contributed by atoms with E-state index < -0.39 is 28.6 Å². The normalized spacial score (nSPS) is 13.3. The number of fused-ring (bicyclic) bond motifs is 1. The summed E-state index contributed by atoms with van der Waals surface area (Å²) in [6.45, 7) is 2.28. The summed E-state index contributed by atoms with van der Waals surface area (Å²) in [6.07, 6.45) is -1.12. The van der Waals surface area contributed by atoms with Crippen molar-refractivity contribution >= 4 is 17.6 Å². The Bertz CT molecular complexity index is 930. The number of ether oxygens (including phenoxy) is 3. The lowest BCUT2D eigenvalue weighted by atomic mass is 10.1. The molecule has 0 fully saturated rings. The molecule has 0 aliphatic carbocycles. The summed E-state index contributed by atoms with van der Waals surface area (Å²) >= 11 is 0. The van der Waals surface area contributed by atoms with E-state index in [1.54, 1.807) is 7.05 Å². The Labute approximate surface area is 166 Å². The van der Waals surface area contributed by atoms with Gasteiger partial charge in [-0.1, -0.05) is 30.3 Å². The fourth-order valence-electron chi connectivity index (χ4n) is 2.91. The van der Waals surface area contributed by atoms with Crippen LogP contribution < -0.4 is 9.47 Å². The van der Waals surface area contributed by atoms with Gasteiger partial charge in [-0.2, -0.15) is 0 Å². The minimum Gasteiger partial charge on any atom is -0.486 e. The maximum atomic E-state index is 12.6. The molecule has 3 rings (SSSR count). The molecule has 2 aromatic carbocycles. The first kappa shape index (κ1) is 20.1. The molecular formula is C20H20N2O7. The van der Waals surface area contributed by atoms with Gasteiger partial charge in [-0.25, -0.2) is 4.79 Å². The number of nitrogens with zero attached hydrogens (tertiary/aromatic N) is 2. The van der Waals surface area contributed by atoms with Crippen LogP contribution in [0.25, 0.3) is 0 Å². The number of nitro groups is 1. The number of carbonyl (C=O) groups is 2. The summed E-state index contributed by atoms with van der Waals surface area (Å²) in [6, 6.07) is 11.7. The number of rotatable bonds is 6. The average molecular weight is 400 g/mol. The first-order valence-corrected chi connectivity index (χ1v) is 8.94. The minimum atomic E-state index is -1.12. The van der Waals surface area contributed by atoms with Crippen molar-refractivity contribution in [1.82, 2.24) is 4.90 Å². The predicted molar refractivity (Wildman–Crippen MR) is 102 cm³/mol. The van der Waals surface area contributed by atoms with E-state index in [0.717, 1.165) is 11.6 Å². The second-order valence-electron chi connectivity index (χ2n) is 6.50. The van der Waals surface area contributed by atoms with Crippen molar-refractivity contribution in [2.75, 3.05) is 20.3 Å². The molecule has 1 atom stereocenters. The van der Waals surface area contributed by atoms with Gasteiger partial charge in [-0.3, -0.25) is 14.9 Å². The predicted octanol–water partition coefficient (Wildman–Crippen LogP) is 2.57. The fourth-order valence-corrected chi connectivity index (χ4v) is 2.91. The third kappa shape index (κ3) is 4.63. The van der Waals surface area contributed by atoms with E-state index >= 15 is 0 Å². The van der Waals surface area contributed by atoms with Crippen LogP contribution in [0.4, 0.5) is 5.69 Å². The highest BCUT2D eigenvalue weighted by Gasteiger charge is 2.30. The van der Waals surface area contributed by atoms with Gasteiger partial charge in [0.1, 0.15) is 18.8 Å². The molecule has 1 heterocycles. The zero-order chi connectivity index (χ0) is 21.0. The molecule has 2 aromatic rings. The Balaban J connectivity index is 1.73. The van der Waals surface area contributed by atoms with Crippen LogP contribution >= 0.6 is 0 Å². The number of carbonyl (C=O) groups excluding carboxylic acids is 2. The summed E-state index contributed by atoms with van der Waals surface area (Å²) in [7, 11) is 1.59. The lowest BCUT2D eigenvalue weighted by Gasteiger charge is -2.22. The Hall–Kier alpha value is -3.62. The van der Waals surface area contributed by atoms with Crippen LogP contribution in [-0.2, 0) is 16.1 Å². The highest BCUT2D eigenvalue weighted by atomic mass is 16.6. The Kier molecular flexibility index (Phi) is 5.96. The molecule has 0 aromatic heterocycles. The van der Waals surface area contributed by atoms with Crippen LogP contribution in [0, 0.1) is 10.1 Å². The van der Waals surface area contributed by atoms with Crippen LogP contribution in [0.3, 0.4) is 0 Å². The van der Waals surface area contributed by atoms with Crippen molar-refractivity contribution in [3.05, 3.63) is 63.7 Å². The topological polar surface area (TPSA) is 108 Å². The van der Waals surface area contributed by atoms with E-state index in [1.165, 1.54) is 17.9 Å². The standard InChI is InChI=1S/C20H20N2O7/c1-13(19(23)21(2)12-14-6-4-3-5-7-14)29-20(24)15-10-17-18(28-9-8-27-17)11-16(15)22(25)26/h3-7,10-11,13H,8-9,12H2,1-2H3/t13-/m0/s1. The SMILES string of the molecule is C[C@H](OC(=O)c1cc2c(cc1[N+](=O)[O-])OCCO2)C(=O)N(C)Cc1ccccc1. The van der Waals surface area contributed by atoms with Crippen molar-refractivity contribution < 1.29 is 28.7 Å². The van der Waals surface area contributed by atoms with Gasteiger partial charge in [0.2, 0.25) is 0 Å². The van der Waals surface area contributed by atoms with Crippen LogP contribution in [-0.4, -0.2) is 48.1 Å². The van der Waals surface area contributed by atoms with E-state index in [4.69, 9.17) is 14.2 Å².